The lowest BCUT2D eigenvalue weighted by Crippen LogP contribution is -2.49. The SMILES string of the molecule is CC1CN(C(=O)Cn2cc(NC(=O)[C@@H](N)C(C)C)cn2)CC(C)O1.Cl. The van der Waals surface area contributed by atoms with Gasteiger partial charge in [-0.2, -0.15) is 5.10 Å². The maximum Gasteiger partial charge on any atom is 0.244 e. The minimum absolute atomic E-state index is 0. The predicted octanol–water partition coefficient (Wildman–Crippen LogP) is 0.863. The van der Waals surface area contributed by atoms with Crippen molar-refractivity contribution in [3.63, 3.8) is 0 Å². The molecule has 142 valence electrons. The van der Waals surface area contributed by atoms with Gasteiger partial charge in [0.05, 0.1) is 30.1 Å². The number of carbonyl (C=O) groups excluding carboxylic acids is 2. The van der Waals surface area contributed by atoms with Gasteiger partial charge in [-0.05, 0) is 19.8 Å². The second kappa shape index (κ2) is 9.17. The van der Waals surface area contributed by atoms with Crippen LogP contribution in [0.2, 0.25) is 0 Å². The summed E-state index contributed by atoms with van der Waals surface area (Å²) in [4.78, 5) is 26.1. The molecule has 1 aliphatic heterocycles. The van der Waals surface area contributed by atoms with Gasteiger partial charge < -0.3 is 20.7 Å². The molecule has 1 aromatic rings. The summed E-state index contributed by atoms with van der Waals surface area (Å²) >= 11 is 0. The van der Waals surface area contributed by atoms with Crippen LogP contribution < -0.4 is 11.1 Å². The summed E-state index contributed by atoms with van der Waals surface area (Å²) in [7, 11) is 0. The van der Waals surface area contributed by atoms with E-state index in [4.69, 9.17) is 10.5 Å². The van der Waals surface area contributed by atoms with Crippen LogP contribution in [0.25, 0.3) is 0 Å². The average molecular weight is 374 g/mol. The number of anilines is 1. The topological polar surface area (TPSA) is 102 Å². The summed E-state index contributed by atoms with van der Waals surface area (Å²) in [5.74, 6) is -0.226. The number of nitrogens with zero attached hydrogens (tertiary/aromatic N) is 3. The zero-order chi connectivity index (χ0) is 17.9. The van der Waals surface area contributed by atoms with E-state index in [1.54, 1.807) is 11.1 Å². The number of ether oxygens (including phenoxy) is 1. The van der Waals surface area contributed by atoms with Gasteiger partial charge in [0.25, 0.3) is 0 Å². The van der Waals surface area contributed by atoms with Crippen LogP contribution in [-0.2, 0) is 20.9 Å². The molecule has 8 nitrogen and oxygen atoms in total. The largest absolute Gasteiger partial charge is 0.372 e. The standard InChI is InChI=1S/C16H27N5O3.ClH/c1-10(2)15(17)16(23)19-13-5-18-21(8-13)9-14(22)20-6-11(3)24-12(4)7-20;/h5,8,10-12,15H,6-7,9,17H2,1-4H3,(H,19,23);1H/t11?,12?,15-;/m0./s1. The zero-order valence-corrected chi connectivity index (χ0v) is 16.0. The van der Waals surface area contributed by atoms with Crippen LogP contribution >= 0.6 is 12.4 Å². The zero-order valence-electron chi connectivity index (χ0n) is 15.1. The fourth-order valence-corrected chi connectivity index (χ4v) is 2.66. The minimum atomic E-state index is -0.577. The molecule has 1 aliphatic rings. The monoisotopic (exact) mass is 373 g/mol. The van der Waals surface area contributed by atoms with Gasteiger partial charge in [0, 0.05) is 19.3 Å². The number of amides is 2. The molecule has 1 fully saturated rings. The van der Waals surface area contributed by atoms with Crippen molar-refractivity contribution in [2.45, 2.75) is 52.5 Å². The number of nitrogens with two attached hydrogens (primary N) is 1. The smallest absolute Gasteiger partial charge is 0.244 e. The molecule has 0 aromatic carbocycles. The Bertz CT molecular complexity index is 582. The second-order valence-electron chi connectivity index (χ2n) is 6.74. The van der Waals surface area contributed by atoms with Crippen molar-refractivity contribution in [3.05, 3.63) is 12.4 Å². The fourth-order valence-electron chi connectivity index (χ4n) is 2.66. The van der Waals surface area contributed by atoms with E-state index in [-0.39, 0.29) is 48.9 Å². The molecule has 0 radical (unpaired) electrons. The van der Waals surface area contributed by atoms with Crippen LogP contribution in [0.15, 0.2) is 12.4 Å². The fraction of sp³-hybridized carbons (Fsp3) is 0.688. The van der Waals surface area contributed by atoms with Gasteiger partial charge in [-0.3, -0.25) is 14.3 Å². The normalized spacial score (nSPS) is 21.6. The summed E-state index contributed by atoms with van der Waals surface area (Å²) in [6.07, 6.45) is 3.21. The third-order valence-electron chi connectivity index (χ3n) is 3.99. The Morgan fingerprint density at radius 3 is 2.52 bits per heavy atom. The minimum Gasteiger partial charge on any atom is -0.372 e. The van der Waals surface area contributed by atoms with Crippen LogP contribution in [-0.4, -0.2) is 57.8 Å². The molecule has 9 heteroatoms. The van der Waals surface area contributed by atoms with E-state index >= 15 is 0 Å². The second-order valence-corrected chi connectivity index (χ2v) is 6.74. The molecule has 25 heavy (non-hydrogen) atoms. The maximum atomic E-state index is 12.4. The van der Waals surface area contributed by atoms with Crippen molar-refractivity contribution < 1.29 is 14.3 Å². The lowest BCUT2D eigenvalue weighted by atomic mass is 10.1. The van der Waals surface area contributed by atoms with E-state index < -0.39 is 6.04 Å². The van der Waals surface area contributed by atoms with Crippen LogP contribution in [0.4, 0.5) is 5.69 Å². The highest BCUT2D eigenvalue weighted by molar-refractivity contribution is 5.94. The first kappa shape index (κ1) is 21.4. The molecule has 0 saturated carbocycles. The van der Waals surface area contributed by atoms with Crippen molar-refractivity contribution >= 4 is 29.9 Å². The Labute approximate surface area is 154 Å². The molecule has 2 rings (SSSR count). The van der Waals surface area contributed by atoms with E-state index in [1.165, 1.54) is 10.9 Å². The Morgan fingerprint density at radius 1 is 1.36 bits per heavy atom. The van der Waals surface area contributed by atoms with E-state index in [0.717, 1.165) is 0 Å². The Hall–Kier alpha value is -1.64. The van der Waals surface area contributed by atoms with E-state index in [0.29, 0.717) is 18.8 Å². The summed E-state index contributed by atoms with van der Waals surface area (Å²) in [5.41, 5.74) is 6.34. The first-order valence-electron chi connectivity index (χ1n) is 8.28. The third-order valence-corrected chi connectivity index (χ3v) is 3.99. The molecule has 1 saturated heterocycles. The van der Waals surface area contributed by atoms with Gasteiger partial charge in [-0.15, -0.1) is 12.4 Å². The molecule has 1 aromatic heterocycles. The number of aromatic nitrogens is 2. The number of rotatable bonds is 5. The molecule has 0 bridgehead atoms. The Balaban J connectivity index is 0.00000312. The summed E-state index contributed by atoms with van der Waals surface area (Å²) in [6.45, 7) is 8.97. The van der Waals surface area contributed by atoms with Gasteiger partial charge in [0.1, 0.15) is 6.54 Å². The highest BCUT2D eigenvalue weighted by atomic mass is 35.5. The molecule has 0 spiro atoms. The quantitative estimate of drug-likeness (QED) is 0.797. The van der Waals surface area contributed by atoms with Crippen molar-refractivity contribution in [2.75, 3.05) is 18.4 Å². The Morgan fingerprint density at radius 2 is 1.96 bits per heavy atom. The van der Waals surface area contributed by atoms with Gasteiger partial charge in [-0.25, -0.2) is 0 Å². The van der Waals surface area contributed by atoms with Crippen LogP contribution in [0.1, 0.15) is 27.7 Å². The summed E-state index contributed by atoms with van der Waals surface area (Å²) < 4.78 is 7.15. The highest BCUT2D eigenvalue weighted by Gasteiger charge is 2.26. The first-order chi connectivity index (χ1) is 11.3. The van der Waals surface area contributed by atoms with Crippen molar-refractivity contribution in [3.8, 4) is 0 Å². The molecule has 3 N–H and O–H groups in total. The molecular weight excluding hydrogens is 346 g/mol. The van der Waals surface area contributed by atoms with Crippen molar-refractivity contribution in [2.24, 2.45) is 11.7 Å². The number of halogens is 1. The van der Waals surface area contributed by atoms with Crippen molar-refractivity contribution in [1.82, 2.24) is 14.7 Å². The van der Waals surface area contributed by atoms with Gasteiger partial charge in [0.2, 0.25) is 11.8 Å². The molecule has 2 amide bonds. The molecule has 2 heterocycles. The van der Waals surface area contributed by atoms with Gasteiger partial charge >= 0.3 is 0 Å². The van der Waals surface area contributed by atoms with Crippen LogP contribution in [0.3, 0.4) is 0 Å². The summed E-state index contributed by atoms with van der Waals surface area (Å²) in [5, 5.41) is 6.85. The number of nitrogens with one attached hydrogen (secondary N) is 1. The van der Waals surface area contributed by atoms with E-state index in [2.05, 4.69) is 10.4 Å². The first-order valence-corrected chi connectivity index (χ1v) is 8.28. The maximum absolute atomic E-state index is 12.4. The number of morpholine rings is 1. The summed E-state index contributed by atoms with van der Waals surface area (Å²) in [6, 6.07) is -0.577. The Kier molecular flexibility index (Phi) is 7.85. The van der Waals surface area contributed by atoms with Crippen molar-refractivity contribution in [1.29, 1.82) is 0 Å². The molecule has 0 aliphatic carbocycles. The molecular formula is C16H28ClN5O3. The van der Waals surface area contributed by atoms with Gasteiger partial charge in [0.15, 0.2) is 0 Å². The van der Waals surface area contributed by atoms with E-state index in [1.807, 2.05) is 27.7 Å². The number of carbonyl (C=O) groups is 2. The molecule has 3 atom stereocenters. The van der Waals surface area contributed by atoms with Crippen LogP contribution in [0, 0.1) is 5.92 Å². The average Bonchev–Trinajstić information content (AvgIpc) is 2.92. The predicted molar refractivity (Wildman–Crippen MR) is 97.5 cm³/mol. The number of hydrogen-bond acceptors (Lipinski definition) is 5. The third kappa shape index (κ3) is 5.98. The van der Waals surface area contributed by atoms with Crippen LogP contribution in [0.5, 0.6) is 0 Å². The molecule has 2 unspecified atom stereocenters. The number of hydrogen-bond donors (Lipinski definition) is 2. The highest BCUT2D eigenvalue weighted by Crippen LogP contribution is 2.12. The lowest BCUT2D eigenvalue weighted by molar-refractivity contribution is -0.144. The lowest BCUT2D eigenvalue weighted by Gasteiger charge is -2.35. The van der Waals surface area contributed by atoms with E-state index in [9.17, 15) is 9.59 Å². The van der Waals surface area contributed by atoms with Gasteiger partial charge in [-0.1, -0.05) is 13.8 Å².